The van der Waals surface area contributed by atoms with Gasteiger partial charge in [-0.05, 0) is 24.3 Å². The van der Waals surface area contributed by atoms with Gasteiger partial charge in [-0.2, -0.15) is 0 Å². The first-order valence-corrected chi connectivity index (χ1v) is 11.5. The zero-order chi connectivity index (χ0) is 21.2. The fraction of sp³-hybridized carbons (Fsp3) is 0.364. The zero-order valence-corrected chi connectivity index (χ0v) is 18.4. The normalized spacial score (nSPS) is 14.4. The lowest BCUT2D eigenvalue weighted by molar-refractivity contribution is -0.128. The van der Waals surface area contributed by atoms with Gasteiger partial charge in [-0.15, -0.1) is 11.8 Å². The molecule has 6 nitrogen and oxygen atoms in total. The number of amides is 2. The molecule has 0 aromatic heterocycles. The summed E-state index contributed by atoms with van der Waals surface area (Å²) in [6, 6.07) is 17.9. The maximum atomic E-state index is 12.0. The first kappa shape index (κ1) is 22.5. The second kappa shape index (κ2) is 11.8. The number of hydrogen-bond acceptors (Lipinski definition) is 5. The van der Waals surface area contributed by atoms with Crippen molar-refractivity contribution in [3.63, 3.8) is 0 Å². The third-order valence-corrected chi connectivity index (χ3v) is 6.43. The summed E-state index contributed by atoms with van der Waals surface area (Å²) >= 11 is 7.62. The van der Waals surface area contributed by atoms with Crippen molar-refractivity contribution < 1.29 is 9.59 Å². The van der Waals surface area contributed by atoms with E-state index in [2.05, 4.69) is 44.9 Å². The molecule has 0 atom stereocenters. The van der Waals surface area contributed by atoms with Crippen LogP contribution in [0.3, 0.4) is 0 Å². The SMILES string of the molecule is O=C(CCSc1ccccc1Cl)NNC(=O)CCN1CCN(c2ccccc2)CC1. The summed E-state index contributed by atoms with van der Waals surface area (Å²) in [6.45, 7) is 4.44. The molecule has 2 aromatic carbocycles. The lowest BCUT2D eigenvalue weighted by atomic mass is 10.2. The highest BCUT2D eigenvalue weighted by atomic mass is 35.5. The molecule has 2 aromatic rings. The molecule has 2 amide bonds. The predicted molar refractivity (Wildman–Crippen MR) is 123 cm³/mol. The summed E-state index contributed by atoms with van der Waals surface area (Å²) in [5.74, 6) is 0.212. The Morgan fingerprint density at radius 1 is 0.867 bits per heavy atom. The van der Waals surface area contributed by atoms with E-state index in [-0.39, 0.29) is 11.8 Å². The number of hydrogen-bond donors (Lipinski definition) is 2. The van der Waals surface area contributed by atoms with Crippen molar-refractivity contribution in [1.29, 1.82) is 0 Å². The molecule has 0 unspecified atom stereocenters. The van der Waals surface area contributed by atoms with Crippen molar-refractivity contribution in [2.45, 2.75) is 17.7 Å². The average Bonchev–Trinajstić information content (AvgIpc) is 2.78. The van der Waals surface area contributed by atoms with E-state index in [4.69, 9.17) is 11.6 Å². The summed E-state index contributed by atoms with van der Waals surface area (Å²) in [4.78, 5) is 29.5. The Kier molecular flexibility index (Phi) is 8.86. The number of nitrogens with zero attached hydrogens (tertiary/aromatic N) is 2. The Morgan fingerprint density at radius 2 is 1.50 bits per heavy atom. The van der Waals surface area contributed by atoms with Crippen LogP contribution in [0.4, 0.5) is 5.69 Å². The number of thioether (sulfide) groups is 1. The molecule has 30 heavy (non-hydrogen) atoms. The number of para-hydroxylation sites is 1. The van der Waals surface area contributed by atoms with Crippen LogP contribution < -0.4 is 15.8 Å². The summed E-state index contributed by atoms with van der Waals surface area (Å²) in [6.07, 6.45) is 0.664. The van der Waals surface area contributed by atoms with E-state index in [9.17, 15) is 9.59 Å². The molecule has 0 bridgehead atoms. The van der Waals surface area contributed by atoms with Gasteiger partial charge in [0.1, 0.15) is 0 Å². The van der Waals surface area contributed by atoms with Crippen LogP contribution in [-0.4, -0.2) is 55.2 Å². The molecule has 0 spiro atoms. The molecule has 1 aliphatic rings. The van der Waals surface area contributed by atoms with Crippen LogP contribution in [0.5, 0.6) is 0 Å². The van der Waals surface area contributed by atoms with E-state index in [1.165, 1.54) is 17.4 Å². The number of anilines is 1. The second-order valence-corrected chi connectivity index (χ2v) is 8.58. The third kappa shape index (κ3) is 7.23. The highest BCUT2D eigenvalue weighted by Crippen LogP contribution is 2.26. The van der Waals surface area contributed by atoms with Crippen LogP contribution in [0.15, 0.2) is 59.5 Å². The maximum Gasteiger partial charge on any atom is 0.239 e. The van der Waals surface area contributed by atoms with Crippen molar-refractivity contribution in [2.75, 3.05) is 43.4 Å². The number of hydrazine groups is 1. The maximum absolute atomic E-state index is 12.0. The van der Waals surface area contributed by atoms with Crippen LogP contribution >= 0.6 is 23.4 Å². The van der Waals surface area contributed by atoms with E-state index in [1.807, 2.05) is 30.3 Å². The number of carbonyl (C=O) groups is 2. The van der Waals surface area contributed by atoms with Gasteiger partial charge in [0.15, 0.2) is 0 Å². The fourth-order valence-electron chi connectivity index (χ4n) is 3.21. The largest absolute Gasteiger partial charge is 0.369 e. The summed E-state index contributed by atoms with van der Waals surface area (Å²) < 4.78 is 0. The van der Waals surface area contributed by atoms with Gasteiger partial charge in [0.05, 0.1) is 5.02 Å². The standard InChI is InChI=1S/C22H27ClN4O2S/c23-19-8-4-5-9-20(19)30-17-11-22(29)25-24-21(28)10-12-26-13-15-27(16-14-26)18-6-2-1-3-7-18/h1-9H,10-17H2,(H,24,28)(H,25,29). The van der Waals surface area contributed by atoms with Crippen molar-refractivity contribution in [3.05, 3.63) is 59.6 Å². The van der Waals surface area contributed by atoms with Gasteiger partial charge in [-0.1, -0.05) is 41.9 Å². The van der Waals surface area contributed by atoms with Crippen LogP contribution in [0.1, 0.15) is 12.8 Å². The Labute approximate surface area is 186 Å². The number of rotatable bonds is 8. The lowest BCUT2D eigenvalue weighted by Crippen LogP contribution is -2.48. The van der Waals surface area contributed by atoms with Gasteiger partial charge < -0.3 is 4.90 Å². The monoisotopic (exact) mass is 446 g/mol. The Hall–Kier alpha value is -2.22. The topological polar surface area (TPSA) is 64.7 Å². The smallest absolute Gasteiger partial charge is 0.239 e. The van der Waals surface area contributed by atoms with Crippen molar-refractivity contribution in [2.24, 2.45) is 0 Å². The zero-order valence-electron chi connectivity index (χ0n) is 16.9. The molecule has 1 fully saturated rings. The minimum absolute atomic E-state index is 0.174. The van der Waals surface area contributed by atoms with Crippen LogP contribution in [0.2, 0.25) is 5.02 Å². The van der Waals surface area contributed by atoms with Gasteiger partial charge in [0.2, 0.25) is 11.8 Å². The molecule has 8 heteroatoms. The molecule has 2 N–H and O–H groups in total. The first-order chi connectivity index (χ1) is 14.6. The van der Waals surface area contributed by atoms with E-state index in [1.54, 1.807) is 0 Å². The quantitative estimate of drug-likeness (QED) is 0.481. The molecule has 1 saturated heterocycles. The molecule has 0 aliphatic carbocycles. The molecular weight excluding hydrogens is 420 g/mol. The number of benzene rings is 2. The number of piperazine rings is 1. The van der Waals surface area contributed by atoms with E-state index in [0.29, 0.717) is 30.2 Å². The minimum atomic E-state index is -0.209. The van der Waals surface area contributed by atoms with Gasteiger partial charge in [0.25, 0.3) is 0 Å². The lowest BCUT2D eigenvalue weighted by Gasteiger charge is -2.36. The Bertz CT molecular complexity index is 829. The highest BCUT2D eigenvalue weighted by molar-refractivity contribution is 7.99. The van der Waals surface area contributed by atoms with Gasteiger partial charge in [-0.25, -0.2) is 0 Å². The van der Waals surface area contributed by atoms with E-state index >= 15 is 0 Å². The van der Waals surface area contributed by atoms with Crippen LogP contribution in [0.25, 0.3) is 0 Å². The number of halogens is 1. The van der Waals surface area contributed by atoms with Crippen molar-refractivity contribution in [1.82, 2.24) is 15.8 Å². The van der Waals surface area contributed by atoms with Gasteiger partial charge >= 0.3 is 0 Å². The van der Waals surface area contributed by atoms with Gasteiger partial charge in [0, 0.05) is 61.9 Å². The van der Waals surface area contributed by atoms with Crippen molar-refractivity contribution >= 4 is 40.9 Å². The Balaban J connectivity index is 1.26. The highest BCUT2D eigenvalue weighted by Gasteiger charge is 2.17. The van der Waals surface area contributed by atoms with E-state index < -0.39 is 0 Å². The molecule has 3 rings (SSSR count). The van der Waals surface area contributed by atoms with E-state index in [0.717, 1.165) is 31.1 Å². The molecule has 1 aliphatic heterocycles. The molecular formula is C22H27ClN4O2S. The molecule has 1 heterocycles. The Morgan fingerprint density at radius 3 is 2.20 bits per heavy atom. The van der Waals surface area contributed by atoms with Crippen molar-refractivity contribution in [3.8, 4) is 0 Å². The first-order valence-electron chi connectivity index (χ1n) is 10.1. The number of carbonyl (C=O) groups excluding carboxylic acids is 2. The molecule has 0 radical (unpaired) electrons. The molecule has 0 saturated carbocycles. The minimum Gasteiger partial charge on any atom is -0.369 e. The predicted octanol–water partition coefficient (Wildman–Crippen LogP) is 3.18. The average molecular weight is 447 g/mol. The summed E-state index contributed by atoms with van der Waals surface area (Å²) in [5, 5.41) is 0.681. The summed E-state index contributed by atoms with van der Waals surface area (Å²) in [7, 11) is 0. The van der Waals surface area contributed by atoms with Crippen LogP contribution in [-0.2, 0) is 9.59 Å². The van der Waals surface area contributed by atoms with Gasteiger partial charge in [-0.3, -0.25) is 25.3 Å². The van der Waals surface area contributed by atoms with Crippen LogP contribution in [0, 0.1) is 0 Å². The second-order valence-electron chi connectivity index (χ2n) is 7.04. The molecule has 160 valence electrons. The fourth-order valence-corrected chi connectivity index (χ4v) is 4.40. The summed E-state index contributed by atoms with van der Waals surface area (Å²) in [5.41, 5.74) is 6.23. The number of nitrogens with one attached hydrogen (secondary N) is 2. The third-order valence-electron chi connectivity index (χ3n) is 4.91.